The molecule has 1 heteroatoms. The average molecular weight is 540 g/mol. The zero-order valence-corrected chi connectivity index (χ0v) is 28.6. The molecule has 0 bridgehead atoms. The van der Waals surface area contributed by atoms with Crippen molar-refractivity contribution in [3.63, 3.8) is 0 Å². The van der Waals surface area contributed by atoms with Gasteiger partial charge in [-0.05, 0) is 75.0 Å². The van der Waals surface area contributed by atoms with Gasteiger partial charge < -0.3 is 0 Å². The normalized spacial score (nSPS) is 12.6. The topological polar surface area (TPSA) is 0 Å². The van der Waals surface area contributed by atoms with Crippen molar-refractivity contribution >= 4 is 7.26 Å². The summed E-state index contributed by atoms with van der Waals surface area (Å²) in [5.74, 6) is 3.53. The van der Waals surface area contributed by atoms with Crippen molar-refractivity contribution in [3.8, 4) is 0 Å². The van der Waals surface area contributed by atoms with Crippen molar-refractivity contribution in [1.29, 1.82) is 0 Å². The highest BCUT2D eigenvalue weighted by molar-refractivity contribution is 7.75. The molecule has 0 atom stereocenters. The number of rotatable bonds is 28. The minimum atomic E-state index is -0.767. The zero-order chi connectivity index (χ0) is 27.8. The summed E-state index contributed by atoms with van der Waals surface area (Å²) >= 11 is 0. The molecule has 0 spiro atoms. The lowest BCUT2D eigenvalue weighted by molar-refractivity contribution is 0.521. The van der Waals surface area contributed by atoms with E-state index in [2.05, 4.69) is 55.4 Å². The predicted molar refractivity (Wildman–Crippen MR) is 178 cm³/mol. The van der Waals surface area contributed by atoms with Crippen LogP contribution in [0.1, 0.15) is 184 Å². The quantitative estimate of drug-likeness (QED) is 0.0685. The Labute approximate surface area is 239 Å². The second-order valence-corrected chi connectivity index (χ2v) is 19.1. The third-order valence-electron chi connectivity index (χ3n) is 8.66. The van der Waals surface area contributed by atoms with Crippen LogP contribution in [0.3, 0.4) is 0 Å². The van der Waals surface area contributed by atoms with Crippen LogP contribution in [0, 0.1) is 23.7 Å². The predicted octanol–water partition coefficient (Wildman–Crippen LogP) is 13.4. The first-order valence-electron chi connectivity index (χ1n) is 17.5. The molecule has 0 heterocycles. The molecule has 0 nitrogen and oxygen atoms in total. The fourth-order valence-corrected chi connectivity index (χ4v) is 11.0. The van der Waals surface area contributed by atoms with Gasteiger partial charge in [0.2, 0.25) is 0 Å². The SMILES string of the molecule is CC(C)CCCCCC[P+](CCCCCCC(C)C)(CCCCCCC(C)C)CCCCCCC(C)C. The molecule has 0 saturated carbocycles. The molecule has 0 aliphatic heterocycles. The molecule has 0 unspecified atom stereocenters. The van der Waals surface area contributed by atoms with Crippen LogP contribution >= 0.6 is 7.26 Å². The fraction of sp³-hybridized carbons (Fsp3) is 1.00. The van der Waals surface area contributed by atoms with E-state index in [1.54, 1.807) is 50.3 Å². The van der Waals surface area contributed by atoms with Crippen LogP contribution in [-0.4, -0.2) is 24.6 Å². The molecule has 37 heavy (non-hydrogen) atoms. The lowest BCUT2D eigenvalue weighted by Crippen LogP contribution is -2.13. The Morgan fingerprint density at radius 2 is 0.459 bits per heavy atom. The van der Waals surface area contributed by atoms with Crippen molar-refractivity contribution in [2.45, 2.75) is 184 Å². The van der Waals surface area contributed by atoms with E-state index in [-0.39, 0.29) is 0 Å². The molecule has 0 saturated heterocycles. The van der Waals surface area contributed by atoms with Crippen LogP contribution in [0.2, 0.25) is 0 Å². The highest BCUT2D eigenvalue weighted by atomic mass is 31.2. The van der Waals surface area contributed by atoms with Crippen molar-refractivity contribution in [2.75, 3.05) is 24.6 Å². The van der Waals surface area contributed by atoms with Crippen LogP contribution in [-0.2, 0) is 0 Å². The molecular formula is C36H76P+. The first-order chi connectivity index (χ1) is 17.7. The molecule has 0 aliphatic carbocycles. The monoisotopic (exact) mass is 540 g/mol. The lowest BCUT2D eigenvalue weighted by Gasteiger charge is -2.29. The maximum atomic E-state index is 2.39. The summed E-state index contributed by atoms with van der Waals surface area (Å²) in [6.45, 7) is 19.1. The van der Waals surface area contributed by atoms with E-state index in [1.165, 1.54) is 103 Å². The largest absolute Gasteiger partial charge is 0.0628 e. The summed E-state index contributed by atoms with van der Waals surface area (Å²) in [6, 6.07) is 0. The van der Waals surface area contributed by atoms with Gasteiger partial charge in [-0.15, -0.1) is 0 Å². The number of hydrogen-bond acceptors (Lipinski definition) is 0. The van der Waals surface area contributed by atoms with Crippen molar-refractivity contribution in [3.05, 3.63) is 0 Å². The molecule has 0 aliphatic rings. The summed E-state index contributed by atoms with van der Waals surface area (Å²) in [5, 5.41) is 0. The third-order valence-corrected chi connectivity index (χ3v) is 13.7. The van der Waals surface area contributed by atoms with Crippen LogP contribution in [0.25, 0.3) is 0 Å². The second-order valence-electron chi connectivity index (χ2n) is 14.6. The van der Waals surface area contributed by atoms with Gasteiger partial charge in [0.1, 0.15) is 0 Å². The molecule has 0 N–H and O–H groups in total. The Kier molecular flexibility index (Phi) is 25.7. The molecule has 0 rings (SSSR count). The Morgan fingerprint density at radius 3 is 0.649 bits per heavy atom. The van der Waals surface area contributed by atoms with Crippen LogP contribution in [0.4, 0.5) is 0 Å². The summed E-state index contributed by atoms with van der Waals surface area (Å²) in [5.41, 5.74) is 0. The van der Waals surface area contributed by atoms with Gasteiger partial charge in [-0.2, -0.15) is 0 Å². The summed E-state index contributed by atoms with van der Waals surface area (Å²) < 4.78 is 0. The Hall–Kier alpha value is 0.430. The fourth-order valence-electron chi connectivity index (χ4n) is 6.08. The van der Waals surface area contributed by atoms with E-state index in [4.69, 9.17) is 0 Å². The van der Waals surface area contributed by atoms with Gasteiger partial charge in [-0.1, -0.05) is 132 Å². The van der Waals surface area contributed by atoms with Gasteiger partial charge in [-0.3, -0.25) is 0 Å². The smallest absolute Gasteiger partial charge is 0.0594 e. The molecule has 224 valence electrons. The van der Waals surface area contributed by atoms with Crippen LogP contribution in [0.5, 0.6) is 0 Å². The first-order valence-corrected chi connectivity index (χ1v) is 20.0. The molecule has 0 aromatic carbocycles. The standard InChI is InChI=1S/C36H76P/c1-33(2)25-17-9-13-21-29-37(30-22-14-10-18-26-34(3)4,31-23-15-11-19-27-35(5)6)32-24-16-12-20-28-36(7)8/h33-36H,9-32H2,1-8H3/q+1. The molecule has 0 fully saturated rings. The second kappa shape index (κ2) is 25.4. The Bertz CT molecular complexity index is 364. The van der Waals surface area contributed by atoms with E-state index in [0.29, 0.717) is 0 Å². The Balaban J connectivity index is 4.89. The molecule has 0 amide bonds. The first kappa shape index (κ1) is 37.4. The highest BCUT2D eigenvalue weighted by Crippen LogP contribution is 2.61. The minimum Gasteiger partial charge on any atom is -0.0628 e. The van der Waals surface area contributed by atoms with Gasteiger partial charge in [0.05, 0.1) is 24.6 Å². The van der Waals surface area contributed by atoms with Gasteiger partial charge in [0.15, 0.2) is 0 Å². The van der Waals surface area contributed by atoms with E-state index >= 15 is 0 Å². The zero-order valence-electron chi connectivity index (χ0n) is 27.7. The van der Waals surface area contributed by atoms with Crippen molar-refractivity contribution in [2.24, 2.45) is 23.7 Å². The maximum absolute atomic E-state index is 2.39. The average Bonchev–Trinajstić information content (AvgIpc) is 2.82. The minimum absolute atomic E-state index is 0.767. The van der Waals surface area contributed by atoms with Gasteiger partial charge in [0, 0.05) is 7.26 Å². The van der Waals surface area contributed by atoms with Gasteiger partial charge in [-0.25, -0.2) is 0 Å². The molecule has 0 radical (unpaired) electrons. The lowest BCUT2D eigenvalue weighted by atomic mass is 10.0. The Morgan fingerprint density at radius 1 is 0.270 bits per heavy atom. The highest BCUT2D eigenvalue weighted by Gasteiger charge is 2.35. The maximum Gasteiger partial charge on any atom is 0.0594 e. The summed E-state index contributed by atoms with van der Waals surface area (Å²) in [4.78, 5) is 0. The van der Waals surface area contributed by atoms with Gasteiger partial charge >= 0.3 is 0 Å². The number of hydrogen-bond donors (Lipinski definition) is 0. The van der Waals surface area contributed by atoms with E-state index in [0.717, 1.165) is 23.7 Å². The van der Waals surface area contributed by atoms with Crippen LogP contribution in [0.15, 0.2) is 0 Å². The van der Waals surface area contributed by atoms with Crippen molar-refractivity contribution in [1.82, 2.24) is 0 Å². The molecular weight excluding hydrogens is 463 g/mol. The molecule has 0 aromatic heterocycles. The summed E-state index contributed by atoms with van der Waals surface area (Å²) in [7, 11) is -0.767. The van der Waals surface area contributed by atoms with E-state index in [9.17, 15) is 0 Å². The van der Waals surface area contributed by atoms with E-state index < -0.39 is 7.26 Å². The summed E-state index contributed by atoms with van der Waals surface area (Å²) in [6.07, 6.45) is 36.3. The molecule has 0 aromatic rings. The van der Waals surface area contributed by atoms with Crippen molar-refractivity contribution < 1.29 is 0 Å². The van der Waals surface area contributed by atoms with E-state index in [1.807, 2.05) is 0 Å². The number of unbranched alkanes of at least 4 members (excludes halogenated alkanes) is 12. The van der Waals surface area contributed by atoms with Crippen LogP contribution < -0.4 is 0 Å². The third kappa shape index (κ3) is 26.4. The van der Waals surface area contributed by atoms with Gasteiger partial charge in [0.25, 0.3) is 0 Å².